The summed E-state index contributed by atoms with van der Waals surface area (Å²) in [7, 11) is -3.54. The Hall–Kier alpha value is -1.53. The van der Waals surface area contributed by atoms with Crippen LogP contribution in [0.4, 0.5) is 11.4 Å². The van der Waals surface area contributed by atoms with E-state index in [0.29, 0.717) is 15.6 Å². The van der Waals surface area contributed by atoms with Gasteiger partial charge in [-0.1, -0.05) is 6.07 Å². The van der Waals surface area contributed by atoms with Crippen molar-refractivity contribution in [1.29, 1.82) is 0 Å². The molecule has 0 saturated carbocycles. The van der Waals surface area contributed by atoms with Crippen molar-refractivity contribution in [3.63, 3.8) is 0 Å². The zero-order valence-corrected chi connectivity index (χ0v) is 12.7. The topological polar surface area (TPSA) is 72.2 Å². The van der Waals surface area contributed by atoms with Crippen LogP contribution in [0.5, 0.6) is 0 Å². The van der Waals surface area contributed by atoms with Crippen LogP contribution in [0.15, 0.2) is 28.5 Å². The largest absolute Gasteiger partial charge is 0.398 e. The molecule has 0 unspecified atom stereocenters. The lowest BCUT2D eigenvalue weighted by Crippen LogP contribution is -2.14. The van der Waals surface area contributed by atoms with Gasteiger partial charge in [-0.05, 0) is 50.1 Å². The number of sulfonamides is 1. The van der Waals surface area contributed by atoms with Crippen LogP contribution < -0.4 is 10.5 Å². The van der Waals surface area contributed by atoms with Gasteiger partial charge in [-0.15, -0.1) is 11.3 Å². The van der Waals surface area contributed by atoms with Crippen molar-refractivity contribution in [2.45, 2.75) is 25.0 Å². The Balaban J connectivity index is 2.44. The highest BCUT2D eigenvalue weighted by atomic mass is 32.2. The highest BCUT2D eigenvalue weighted by Crippen LogP contribution is 2.29. The Bertz CT molecular complexity index is 718. The van der Waals surface area contributed by atoms with Gasteiger partial charge in [-0.25, -0.2) is 8.42 Å². The molecule has 0 aliphatic heterocycles. The van der Waals surface area contributed by atoms with Gasteiger partial charge in [0.1, 0.15) is 4.21 Å². The minimum atomic E-state index is -3.54. The first-order valence-electron chi connectivity index (χ1n) is 5.76. The molecule has 2 aromatic rings. The van der Waals surface area contributed by atoms with Gasteiger partial charge in [0.2, 0.25) is 0 Å². The van der Waals surface area contributed by atoms with Crippen LogP contribution in [0.3, 0.4) is 0 Å². The second-order valence-electron chi connectivity index (χ2n) is 4.44. The molecule has 0 saturated heterocycles. The highest BCUT2D eigenvalue weighted by molar-refractivity contribution is 7.94. The molecule has 1 aromatic heterocycles. The van der Waals surface area contributed by atoms with E-state index in [2.05, 4.69) is 4.72 Å². The van der Waals surface area contributed by atoms with E-state index >= 15 is 0 Å². The van der Waals surface area contributed by atoms with E-state index in [9.17, 15) is 8.42 Å². The third kappa shape index (κ3) is 2.74. The van der Waals surface area contributed by atoms with Crippen LogP contribution >= 0.6 is 11.3 Å². The molecule has 0 fully saturated rings. The fourth-order valence-corrected chi connectivity index (χ4v) is 4.24. The summed E-state index contributed by atoms with van der Waals surface area (Å²) in [6.45, 7) is 5.53. The van der Waals surface area contributed by atoms with Gasteiger partial charge in [-0.2, -0.15) is 0 Å². The molecular weight excluding hydrogens is 280 g/mol. The number of benzene rings is 1. The van der Waals surface area contributed by atoms with Crippen molar-refractivity contribution in [2.24, 2.45) is 0 Å². The Kier molecular flexibility index (Phi) is 3.56. The molecule has 0 spiro atoms. The maximum Gasteiger partial charge on any atom is 0.271 e. The molecule has 0 atom stereocenters. The molecule has 4 nitrogen and oxygen atoms in total. The summed E-state index contributed by atoms with van der Waals surface area (Å²) in [6.07, 6.45) is 0. The number of aryl methyl sites for hydroxylation is 2. The molecule has 0 radical (unpaired) electrons. The van der Waals surface area contributed by atoms with E-state index in [1.807, 2.05) is 13.8 Å². The maximum atomic E-state index is 12.3. The molecule has 19 heavy (non-hydrogen) atoms. The van der Waals surface area contributed by atoms with E-state index in [-0.39, 0.29) is 0 Å². The molecule has 3 N–H and O–H groups in total. The van der Waals surface area contributed by atoms with Gasteiger partial charge in [0.25, 0.3) is 10.0 Å². The zero-order chi connectivity index (χ0) is 14.2. The summed E-state index contributed by atoms with van der Waals surface area (Å²) in [5.41, 5.74) is 8.55. The van der Waals surface area contributed by atoms with Gasteiger partial charge < -0.3 is 5.73 Å². The third-order valence-corrected chi connectivity index (χ3v) is 5.77. The summed E-state index contributed by atoms with van der Waals surface area (Å²) < 4.78 is 27.5. The van der Waals surface area contributed by atoms with Crippen LogP contribution in [-0.2, 0) is 10.0 Å². The number of anilines is 2. The number of thiophene rings is 1. The first kappa shape index (κ1) is 13.9. The van der Waals surface area contributed by atoms with Crippen molar-refractivity contribution in [3.05, 3.63) is 40.3 Å². The van der Waals surface area contributed by atoms with E-state index in [1.165, 1.54) is 11.3 Å². The predicted octanol–water partition coefficient (Wildman–Crippen LogP) is 3.06. The first-order valence-corrected chi connectivity index (χ1v) is 8.06. The fraction of sp³-hybridized carbons (Fsp3) is 0.231. The van der Waals surface area contributed by atoms with Crippen LogP contribution in [0.25, 0.3) is 0 Å². The lowest BCUT2D eigenvalue weighted by molar-refractivity contribution is 0.603. The van der Waals surface area contributed by atoms with Gasteiger partial charge in [0, 0.05) is 10.6 Å². The van der Waals surface area contributed by atoms with Gasteiger partial charge >= 0.3 is 0 Å². The number of nitrogens with one attached hydrogen (secondary N) is 1. The monoisotopic (exact) mass is 296 g/mol. The molecule has 1 heterocycles. The Morgan fingerprint density at radius 1 is 1.11 bits per heavy atom. The Morgan fingerprint density at radius 3 is 2.37 bits per heavy atom. The molecule has 6 heteroatoms. The predicted molar refractivity (Wildman–Crippen MR) is 80.2 cm³/mol. The second kappa shape index (κ2) is 4.86. The molecule has 0 amide bonds. The normalized spacial score (nSPS) is 11.5. The molecule has 0 aliphatic carbocycles. The lowest BCUT2D eigenvalue weighted by atomic mass is 10.1. The van der Waals surface area contributed by atoms with Crippen molar-refractivity contribution in [3.8, 4) is 0 Å². The number of nitrogen functional groups attached to an aromatic ring is 1. The highest BCUT2D eigenvalue weighted by Gasteiger charge is 2.18. The van der Waals surface area contributed by atoms with E-state index in [1.54, 1.807) is 31.2 Å². The summed E-state index contributed by atoms with van der Waals surface area (Å²) >= 11 is 1.25. The fourth-order valence-electron chi connectivity index (χ4n) is 1.76. The summed E-state index contributed by atoms with van der Waals surface area (Å²) in [6, 6.07) is 6.98. The van der Waals surface area contributed by atoms with Crippen molar-refractivity contribution in [1.82, 2.24) is 0 Å². The van der Waals surface area contributed by atoms with Gasteiger partial charge in [0.15, 0.2) is 0 Å². The Morgan fingerprint density at radius 2 is 1.79 bits per heavy atom. The lowest BCUT2D eigenvalue weighted by Gasteiger charge is -2.14. The minimum absolute atomic E-state index is 0.311. The van der Waals surface area contributed by atoms with Crippen molar-refractivity contribution >= 4 is 32.7 Å². The van der Waals surface area contributed by atoms with Gasteiger partial charge in [-0.3, -0.25) is 4.72 Å². The first-order chi connectivity index (χ1) is 8.81. The van der Waals surface area contributed by atoms with Crippen LogP contribution in [0.1, 0.15) is 16.0 Å². The summed E-state index contributed by atoms with van der Waals surface area (Å²) in [5.74, 6) is 0. The number of hydrogen-bond donors (Lipinski definition) is 2. The van der Waals surface area contributed by atoms with Crippen LogP contribution in [0.2, 0.25) is 0 Å². The SMILES string of the molecule is Cc1ccc(S(=O)(=O)Nc2c(C)ccc(N)c2C)s1. The smallest absolute Gasteiger partial charge is 0.271 e. The Labute approximate surface area is 117 Å². The van der Waals surface area contributed by atoms with Crippen molar-refractivity contribution in [2.75, 3.05) is 10.5 Å². The van der Waals surface area contributed by atoms with E-state index in [0.717, 1.165) is 16.0 Å². The average Bonchev–Trinajstić information content (AvgIpc) is 2.77. The summed E-state index contributed by atoms with van der Waals surface area (Å²) in [4.78, 5) is 0.960. The standard InChI is InChI=1S/C13H16N2O2S2/c1-8-4-6-11(14)10(3)13(8)15-19(16,17)12-7-5-9(2)18-12/h4-7,15H,14H2,1-3H3. The minimum Gasteiger partial charge on any atom is -0.398 e. The van der Waals surface area contributed by atoms with Gasteiger partial charge in [0.05, 0.1) is 5.69 Å². The second-order valence-corrected chi connectivity index (χ2v) is 7.64. The quantitative estimate of drug-likeness (QED) is 0.855. The number of rotatable bonds is 3. The maximum absolute atomic E-state index is 12.3. The molecular formula is C13H16N2O2S2. The number of nitrogens with two attached hydrogens (primary N) is 1. The molecule has 0 bridgehead atoms. The van der Waals surface area contributed by atoms with Crippen LogP contribution in [0, 0.1) is 20.8 Å². The van der Waals surface area contributed by atoms with E-state index < -0.39 is 10.0 Å². The van der Waals surface area contributed by atoms with Crippen molar-refractivity contribution < 1.29 is 8.42 Å². The molecule has 2 rings (SSSR count). The molecule has 102 valence electrons. The third-order valence-electron chi connectivity index (χ3n) is 2.93. The molecule has 0 aliphatic rings. The number of hydrogen-bond acceptors (Lipinski definition) is 4. The summed E-state index contributed by atoms with van der Waals surface area (Å²) in [5, 5.41) is 0. The molecule has 1 aromatic carbocycles. The zero-order valence-electron chi connectivity index (χ0n) is 11.0. The average molecular weight is 296 g/mol. The van der Waals surface area contributed by atoms with E-state index in [4.69, 9.17) is 5.73 Å². The van der Waals surface area contributed by atoms with Crippen LogP contribution in [-0.4, -0.2) is 8.42 Å².